The van der Waals surface area contributed by atoms with Crippen molar-refractivity contribution in [1.29, 1.82) is 0 Å². The highest BCUT2D eigenvalue weighted by atomic mass is 16.5. The minimum absolute atomic E-state index is 0.0595. The summed E-state index contributed by atoms with van der Waals surface area (Å²) < 4.78 is 7.01. The number of H-pyrrole nitrogens is 1. The fourth-order valence-electron chi connectivity index (χ4n) is 3.58. The third kappa shape index (κ3) is 3.53. The second-order valence-corrected chi connectivity index (χ2v) is 6.77. The van der Waals surface area contributed by atoms with Gasteiger partial charge in [-0.05, 0) is 25.0 Å². The zero-order chi connectivity index (χ0) is 19.5. The largest absolute Gasteiger partial charge is 0.494 e. The average Bonchev–Trinajstić information content (AvgIpc) is 3.23. The van der Waals surface area contributed by atoms with Crippen molar-refractivity contribution in [2.45, 2.75) is 18.8 Å². The van der Waals surface area contributed by atoms with Crippen LogP contribution in [-0.2, 0) is 0 Å². The van der Waals surface area contributed by atoms with Crippen LogP contribution in [0, 0.1) is 0 Å². The van der Waals surface area contributed by atoms with Crippen LogP contribution in [0.3, 0.4) is 0 Å². The van der Waals surface area contributed by atoms with Gasteiger partial charge in [-0.3, -0.25) is 9.59 Å². The molecule has 1 saturated heterocycles. The number of ether oxygens (including phenoxy) is 1. The highest BCUT2D eigenvalue weighted by molar-refractivity contribution is 5.94. The van der Waals surface area contributed by atoms with Crippen molar-refractivity contribution in [1.82, 2.24) is 24.6 Å². The predicted octanol–water partition coefficient (Wildman–Crippen LogP) is 1.98. The van der Waals surface area contributed by atoms with E-state index in [4.69, 9.17) is 4.74 Å². The lowest BCUT2D eigenvalue weighted by Crippen LogP contribution is -2.39. The Morgan fingerprint density at radius 3 is 3.00 bits per heavy atom. The van der Waals surface area contributed by atoms with E-state index >= 15 is 0 Å². The molecule has 1 N–H and O–H groups in total. The van der Waals surface area contributed by atoms with Crippen LogP contribution in [-0.4, -0.2) is 50.8 Å². The molecule has 3 heterocycles. The van der Waals surface area contributed by atoms with Gasteiger partial charge in [0.1, 0.15) is 11.4 Å². The molecule has 2 aromatic heterocycles. The highest BCUT2D eigenvalue weighted by Crippen LogP contribution is 2.26. The Morgan fingerprint density at radius 1 is 1.32 bits per heavy atom. The van der Waals surface area contributed by atoms with Gasteiger partial charge in [-0.2, -0.15) is 5.10 Å². The molecule has 3 aromatic rings. The van der Waals surface area contributed by atoms with E-state index in [1.54, 1.807) is 29.1 Å². The second-order valence-electron chi connectivity index (χ2n) is 6.77. The number of rotatable bonds is 4. The molecule has 1 amide bonds. The number of benzene rings is 1. The quantitative estimate of drug-likeness (QED) is 0.748. The van der Waals surface area contributed by atoms with Crippen LogP contribution in [0.2, 0.25) is 0 Å². The number of carbonyl (C=O) groups is 1. The molecule has 0 bridgehead atoms. The Kier molecular flexibility index (Phi) is 4.92. The maximum Gasteiger partial charge on any atom is 0.257 e. The third-order valence-electron chi connectivity index (χ3n) is 4.99. The Hall–Kier alpha value is -3.42. The summed E-state index contributed by atoms with van der Waals surface area (Å²) in [5.74, 6) is 0.669. The van der Waals surface area contributed by atoms with Crippen LogP contribution in [0.15, 0.2) is 53.8 Å². The summed E-state index contributed by atoms with van der Waals surface area (Å²) in [5, 5.41) is 4.33. The van der Waals surface area contributed by atoms with Gasteiger partial charge >= 0.3 is 0 Å². The summed E-state index contributed by atoms with van der Waals surface area (Å²) in [6.07, 6.45) is 6.47. The third-order valence-corrected chi connectivity index (χ3v) is 4.99. The first-order chi connectivity index (χ1) is 13.7. The summed E-state index contributed by atoms with van der Waals surface area (Å²) in [4.78, 5) is 33.2. The van der Waals surface area contributed by atoms with E-state index in [9.17, 15) is 9.59 Å². The normalized spacial score (nSPS) is 16.8. The maximum atomic E-state index is 13.0. The molecule has 1 aromatic carbocycles. The predicted molar refractivity (Wildman–Crippen MR) is 103 cm³/mol. The molecule has 1 fully saturated rings. The molecular weight excluding hydrogens is 358 g/mol. The molecule has 0 aliphatic carbocycles. The topological polar surface area (TPSA) is 93.1 Å². The van der Waals surface area contributed by atoms with E-state index in [1.165, 1.54) is 12.4 Å². The summed E-state index contributed by atoms with van der Waals surface area (Å²) >= 11 is 0. The molecule has 1 aliphatic heterocycles. The number of aromatic amines is 1. The van der Waals surface area contributed by atoms with E-state index in [1.807, 2.05) is 24.3 Å². The fraction of sp³-hybridized carbons (Fsp3) is 0.300. The van der Waals surface area contributed by atoms with Crippen LogP contribution in [0.1, 0.15) is 34.8 Å². The second kappa shape index (κ2) is 7.67. The zero-order valence-corrected chi connectivity index (χ0v) is 15.5. The van der Waals surface area contributed by atoms with Crippen LogP contribution >= 0.6 is 0 Å². The highest BCUT2D eigenvalue weighted by Gasteiger charge is 2.27. The van der Waals surface area contributed by atoms with Crippen molar-refractivity contribution >= 4 is 5.91 Å². The average molecular weight is 379 g/mol. The van der Waals surface area contributed by atoms with Gasteiger partial charge < -0.3 is 14.6 Å². The monoisotopic (exact) mass is 379 g/mol. The molecule has 1 atom stereocenters. The molecule has 28 heavy (non-hydrogen) atoms. The molecular formula is C20H21N5O3. The summed E-state index contributed by atoms with van der Waals surface area (Å²) in [6.45, 7) is 1.22. The molecule has 0 radical (unpaired) electrons. The van der Waals surface area contributed by atoms with Gasteiger partial charge in [-0.25, -0.2) is 9.67 Å². The first kappa shape index (κ1) is 18.0. The van der Waals surface area contributed by atoms with E-state index < -0.39 is 0 Å². The van der Waals surface area contributed by atoms with E-state index in [2.05, 4.69) is 15.1 Å². The number of aromatic nitrogens is 4. The summed E-state index contributed by atoms with van der Waals surface area (Å²) in [6, 6.07) is 9.02. The minimum Gasteiger partial charge on any atom is -0.494 e. The minimum atomic E-state index is -0.175. The van der Waals surface area contributed by atoms with Gasteiger partial charge in [0, 0.05) is 31.3 Å². The molecule has 0 unspecified atom stereocenters. The van der Waals surface area contributed by atoms with Gasteiger partial charge in [-0.1, -0.05) is 12.1 Å². The van der Waals surface area contributed by atoms with Crippen LogP contribution in [0.5, 0.6) is 5.75 Å². The van der Waals surface area contributed by atoms with Gasteiger partial charge in [0.25, 0.3) is 11.5 Å². The molecule has 8 heteroatoms. The van der Waals surface area contributed by atoms with Crippen LogP contribution in [0.25, 0.3) is 5.69 Å². The smallest absolute Gasteiger partial charge is 0.257 e. The number of nitrogens with one attached hydrogen (secondary N) is 1. The Bertz CT molecular complexity index is 1040. The van der Waals surface area contributed by atoms with Crippen molar-refractivity contribution in [2.75, 3.05) is 20.2 Å². The number of carbonyl (C=O) groups excluding carboxylic acids is 1. The Balaban J connectivity index is 1.53. The number of para-hydroxylation sites is 2. The van der Waals surface area contributed by atoms with Crippen LogP contribution < -0.4 is 10.3 Å². The zero-order valence-electron chi connectivity index (χ0n) is 15.5. The van der Waals surface area contributed by atoms with Gasteiger partial charge in [0.2, 0.25) is 0 Å². The molecule has 1 aliphatic rings. The molecule has 4 rings (SSSR count). The lowest BCUT2D eigenvalue weighted by atomic mass is 9.94. The standard InChI is InChI=1S/C20H21N5O3/c1-28-18-7-3-2-6-17(18)25-12-15(10-23-25)20(27)24-8-4-5-14(11-24)16-9-19(26)22-13-21-16/h2-3,6-7,9-10,12-14H,4-5,8,11H2,1H3,(H,21,22,26)/t14-/m0/s1. The lowest BCUT2D eigenvalue weighted by Gasteiger charge is -2.32. The number of hydrogen-bond donors (Lipinski definition) is 1. The number of hydrogen-bond acceptors (Lipinski definition) is 5. The molecule has 144 valence electrons. The number of methoxy groups -OCH3 is 1. The van der Waals surface area contributed by atoms with Gasteiger partial charge in [0.05, 0.1) is 30.9 Å². The van der Waals surface area contributed by atoms with Crippen LogP contribution in [0.4, 0.5) is 0 Å². The number of likely N-dealkylation sites (tertiary alicyclic amines) is 1. The molecule has 0 spiro atoms. The van der Waals surface area contributed by atoms with E-state index in [0.29, 0.717) is 24.4 Å². The van der Waals surface area contributed by atoms with Crippen molar-refractivity contribution < 1.29 is 9.53 Å². The number of piperidine rings is 1. The van der Waals surface area contributed by atoms with Crippen molar-refractivity contribution in [3.63, 3.8) is 0 Å². The van der Waals surface area contributed by atoms with Gasteiger partial charge in [-0.15, -0.1) is 0 Å². The first-order valence-electron chi connectivity index (χ1n) is 9.17. The summed E-state index contributed by atoms with van der Waals surface area (Å²) in [7, 11) is 1.60. The molecule has 8 nitrogen and oxygen atoms in total. The van der Waals surface area contributed by atoms with E-state index in [0.717, 1.165) is 24.2 Å². The van der Waals surface area contributed by atoms with Gasteiger partial charge in [0.15, 0.2) is 0 Å². The maximum absolute atomic E-state index is 13.0. The first-order valence-corrected chi connectivity index (χ1v) is 9.17. The molecule has 0 saturated carbocycles. The Labute approximate surface area is 161 Å². The number of amides is 1. The van der Waals surface area contributed by atoms with E-state index in [-0.39, 0.29) is 17.4 Å². The van der Waals surface area contributed by atoms with Crippen molar-refractivity contribution in [3.05, 3.63) is 70.7 Å². The summed E-state index contributed by atoms with van der Waals surface area (Å²) in [5.41, 5.74) is 1.84. The Morgan fingerprint density at radius 2 is 2.18 bits per heavy atom. The fourth-order valence-corrected chi connectivity index (χ4v) is 3.58. The SMILES string of the molecule is COc1ccccc1-n1cc(C(=O)N2CCC[C@H](c3cc(=O)[nH]cn3)C2)cn1. The number of nitrogens with zero attached hydrogens (tertiary/aromatic N) is 4. The lowest BCUT2D eigenvalue weighted by molar-refractivity contribution is 0.0706. The van der Waals surface area contributed by atoms with Crippen molar-refractivity contribution in [3.8, 4) is 11.4 Å². The van der Waals surface area contributed by atoms with Crippen molar-refractivity contribution in [2.24, 2.45) is 0 Å².